The molecule has 2 amide bonds. The molecular formula is C29H27N3O3. The number of hydrogen-bond donors (Lipinski definition) is 1. The van der Waals surface area contributed by atoms with Crippen LogP contribution in [0.5, 0.6) is 5.75 Å². The summed E-state index contributed by atoms with van der Waals surface area (Å²) in [4.78, 5) is 30.0. The van der Waals surface area contributed by atoms with Crippen molar-refractivity contribution >= 4 is 34.0 Å². The number of rotatable bonds is 5. The molecule has 0 bridgehead atoms. The molecule has 0 saturated carbocycles. The van der Waals surface area contributed by atoms with E-state index in [1.165, 1.54) is 0 Å². The van der Waals surface area contributed by atoms with Gasteiger partial charge in [0.15, 0.2) is 0 Å². The zero-order chi connectivity index (χ0) is 24.2. The number of fused-ring (bicyclic) bond motifs is 1. The van der Waals surface area contributed by atoms with Gasteiger partial charge in [-0.2, -0.15) is 0 Å². The van der Waals surface area contributed by atoms with Crippen LogP contribution in [0.3, 0.4) is 0 Å². The van der Waals surface area contributed by atoms with Gasteiger partial charge in [0.1, 0.15) is 5.75 Å². The van der Waals surface area contributed by atoms with Gasteiger partial charge in [0.2, 0.25) is 0 Å². The number of benzene rings is 4. The van der Waals surface area contributed by atoms with Crippen molar-refractivity contribution < 1.29 is 14.3 Å². The Kier molecular flexibility index (Phi) is 6.35. The topological polar surface area (TPSA) is 61.9 Å². The Morgan fingerprint density at radius 2 is 1.51 bits per heavy atom. The van der Waals surface area contributed by atoms with Gasteiger partial charge >= 0.3 is 0 Å². The number of methoxy groups -OCH3 is 1. The van der Waals surface area contributed by atoms with Gasteiger partial charge in [-0.15, -0.1) is 0 Å². The molecule has 0 unspecified atom stereocenters. The van der Waals surface area contributed by atoms with Gasteiger partial charge in [0.25, 0.3) is 11.8 Å². The Morgan fingerprint density at radius 3 is 2.29 bits per heavy atom. The highest BCUT2D eigenvalue weighted by molar-refractivity contribution is 6.13. The molecule has 1 fully saturated rings. The van der Waals surface area contributed by atoms with Gasteiger partial charge in [0, 0.05) is 48.7 Å². The molecule has 4 aromatic rings. The summed E-state index contributed by atoms with van der Waals surface area (Å²) in [6, 6.07) is 28.7. The molecule has 176 valence electrons. The highest BCUT2D eigenvalue weighted by Gasteiger charge is 2.22. The van der Waals surface area contributed by atoms with E-state index >= 15 is 0 Å². The maximum atomic E-state index is 13.0. The quantitative estimate of drug-likeness (QED) is 0.447. The number of carbonyl (C=O) groups is 2. The van der Waals surface area contributed by atoms with E-state index in [2.05, 4.69) is 10.2 Å². The summed E-state index contributed by atoms with van der Waals surface area (Å²) in [6.07, 6.45) is 0. The van der Waals surface area contributed by atoms with Crippen LogP contribution in [0, 0.1) is 0 Å². The van der Waals surface area contributed by atoms with Crippen molar-refractivity contribution in [3.8, 4) is 5.75 Å². The lowest BCUT2D eigenvalue weighted by Crippen LogP contribution is -2.48. The average Bonchev–Trinajstić information content (AvgIpc) is 2.92. The fraction of sp³-hybridized carbons (Fsp3) is 0.172. The number of nitrogens with one attached hydrogen (secondary N) is 1. The lowest BCUT2D eigenvalue weighted by atomic mass is 10.0. The molecule has 0 spiro atoms. The summed E-state index contributed by atoms with van der Waals surface area (Å²) in [5.74, 6) is 0.635. The summed E-state index contributed by atoms with van der Waals surface area (Å²) >= 11 is 0. The number of hydrogen-bond acceptors (Lipinski definition) is 4. The number of ether oxygens (including phenoxy) is 1. The van der Waals surface area contributed by atoms with E-state index in [1.54, 1.807) is 19.2 Å². The Bertz CT molecular complexity index is 1350. The SMILES string of the molecule is COc1ccc(C(=O)N2CCN(c3cccc(NC(=O)c4cccc5ccccc45)c3)CC2)cc1. The fourth-order valence-electron chi connectivity index (χ4n) is 4.49. The van der Waals surface area contributed by atoms with Crippen LogP contribution >= 0.6 is 0 Å². The van der Waals surface area contributed by atoms with Crippen LogP contribution in [0.15, 0.2) is 91.0 Å². The standard InChI is InChI=1S/C29H27N3O3/c1-35-25-14-12-22(13-15-25)29(34)32-18-16-31(17-19-32)24-9-5-8-23(20-24)30-28(33)27-11-4-7-21-6-2-3-10-26(21)27/h2-15,20H,16-19H2,1H3,(H,30,33). The minimum Gasteiger partial charge on any atom is -0.497 e. The van der Waals surface area contributed by atoms with Gasteiger partial charge in [-0.3, -0.25) is 9.59 Å². The summed E-state index contributed by atoms with van der Waals surface area (Å²) in [5, 5.41) is 5.02. The Labute approximate surface area is 204 Å². The van der Waals surface area contributed by atoms with Crippen LogP contribution in [0.1, 0.15) is 20.7 Å². The molecule has 0 aliphatic carbocycles. The molecule has 1 heterocycles. The smallest absolute Gasteiger partial charge is 0.256 e. The second-order valence-corrected chi connectivity index (χ2v) is 8.54. The van der Waals surface area contributed by atoms with Gasteiger partial charge in [0.05, 0.1) is 7.11 Å². The minimum atomic E-state index is -0.131. The fourth-order valence-corrected chi connectivity index (χ4v) is 4.49. The van der Waals surface area contributed by atoms with E-state index in [4.69, 9.17) is 4.74 Å². The van der Waals surface area contributed by atoms with E-state index in [0.29, 0.717) is 24.2 Å². The molecule has 4 aromatic carbocycles. The molecule has 5 rings (SSSR count). The molecular weight excluding hydrogens is 438 g/mol. The molecule has 0 atom stereocenters. The molecule has 35 heavy (non-hydrogen) atoms. The molecule has 0 aromatic heterocycles. The van der Waals surface area contributed by atoms with Crippen LogP contribution in [-0.2, 0) is 0 Å². The number of nitrogens with zero attached hydrogens (tertiary/aromatic N) is 2. The zero-order valence-corrected chi connectivity index (χ0v) is 19.6. The Morgan fingerprint density at radius 1 is 0.800 bits per heavy atom. The largest absolute Gasteiger partial charge is 0.497 e. The molecule has 6 heteroatoms. The van der Waals surface area contributed by atoms with E-state index in [1.807, 2.05) is 83.8 Å². The maximum absolute atomic E-state index is 13.0. The molecule has 1 saturated heterocycles. The third-order valence-corrected chi connectivity index (χ3v) is 6.41. The number of carbonyl (C=O) groups excluding carboxylic acids is 2. The molecule has 1 N–H and O–H groups in total. The van der Waals surface area contributed by atoms with Crippen molar-refractivity contribution in [1.29, 1.82) is 0 Å². The summed E-state index contributed by atoms with van der Waals surface area (Å²) in [7, 11) is 1.61. The molecule has 0 radical (unpaired) electrons. The third-order valence-electron chi connectivity index (χ3n) is 6.41. The predicted octanol–water partition coefficient (Wildman–Crippen LogP) is 5.06. The van der Waals surface area contributed by atoms with Crippen LogP contribution < -0.4 is 15.0 Å². The molecule has 1 aliphatic heterocycles. The van der Waals surface area contributed by atoms with Gasteiger partial charge in [-0.05, 0) is 59.3 Å². The number of piperazine rings is 1. The zero-order valence-electron chi connectivity index (χ0n) is 19.6. The second-order valence-electron chi connectivity index (χ2n) is 8.54. The lowest BCUT2D eigenvalue weighted by Gasteiger charge is -2.36. The van der Waals surface area contributed by atoms with E-state index in [-0.39, 0.29) is 11.8 Å². The monoisotopic (exact) mass is 465 g/mol. The van der Waals surface area contributed by atoms with Gasteiger partial charge < -0.3 is 19.9 Å². The van der Waals surface area contributed by atoms with Gasteiger partial charge in [-0.1, -0.05) is 42.5 Å². The summed E-state index contributed by atoms with van der Waals surface area (Å²) < 4.78 is 5.18. The van der Waals surface area contributed by atoms with Crippen LogP contribution in [-0.4, -0.2) is 50.0 Å². The first-order chi connectivity index (χ1) is 17.1. The predicted molar refractivity (Wildman–Crippen MR) is 139 cm³/mol. The second kappa shape index (κ2) is 9.89. The normalized spacial score (nSPS) is 13.5. The van der Waals surface area contributed by atoms with Crippen molar-refractivity contribution in [2.24, 2.45) is 0 Å². The molecule has 1 aliphatic rings. The Balaban J connectivity index is 1.24. The van der Waals surface area contributed by atoms with Crippen molar-refractivity contribution in [1.82, 2.24) is 4.90 Å². The van der Waals surface area contributed by atoms with Gasteiger partial charge in [-0.25, -0.2) is 0 Å². The van der Waals surface area contributed by atoms with Crippen LogP contribution in [0.4, 0.5) is 11.4 Å². The van der Waals surface area contributed by atoms with E-state index < -0.39 is 0 Å². The minimum absolute atomic E-state index is 0.0309. The van der Waals surface area contributed by atoms with Crippen LogP contribution in [0.25, 0.3) is 10.8 Å². The maximum Gasteiger partial charge on any atom is 0.256 e. The van der Waals surface area contributed by atoms with Crippen molar-refractivity contribution in [2.45, 2.75) is 0 Å². The molecule has 6 nitrogen and oxygen atoms in total. The third kappa shape index (κ3) is 4.82. The lowest BCUT2D eigenvalue weighted by molar-refractivity contribution is 0.0746. The first kappa shape index (κ1) is 22.5. The van der Waals surface area contributed by atoms with E-state index in [9.17, 15) is 9.59 Å². The first-order valence-electron chi connectivity index (χ1n) is 11.7. The average molecular weight is 466 g/mol. The first-order valence-corrected chi connectivity index (χ1v) is 11.7. The number of amides is 2. The Hall–Kier alpha value is -4.32. The highest BCUT2D eigenvalue weighted by atomic mass is 16.5. The van der Waals surface area contributed by atoms with Crippen molar-refractivity contribution in [2.75, 3.05) is 43.5 Å². The van der Waals surface area contributed by atoms with E-state index in [0.717, 1.165) is 41.0 Å². The summed E-state index contributed by atoms with van der Waals surface area (Å²) in [6.45, 7) is 2.72. The van der Waals surface area contributed by atoms with Crippen molar-refractivity contribution in [3.63, 3.8) is 0 Å². The summed E-state index contributed by atoms with van der Waals surface area (Å²) in [5.41, 5.74) is 3.09. The number of anilines is 2. The highest BCUT2D eigenvalue weighted by Crippen LogP contribution is 2.24. The van der Waals surface area contributed by atoms with Crippen molar-refractivity contribution in [3.05, 3.63) is 102 Å². The van der Waals surface area contributed by atoms with Crippen LogP contribution in [0.2, 0.25) is 0 Å².